The first kappa shape index (κ1) is 35.4. The summed E-state index contributed by atoms with van der Waals surface area (Å²) in [7, 11) is 0. The van der Waals surface area contributed by atoms with Crippen LogP contribution in [0, 0.1) is 0 Å². The van der Waals surface area contributed by atoms with Crippen LogP contribution in [-0.2, 0) is 25.6 Å². The number of aromatic hydroxyl groups is 1. The quantitative estimate of drug-likeness (QED) is 0.0738. The number of amides is 3. The highest BCUT2D eigenvalue weighted by Crippen LogP contribution is 2.35. The molecule has 0 aromatic heterocycles. The van der Waals surface area contributed by atoms with Crippen molar-refractivity contribution in [1.82, 2.24) is 10.2 Å². The number of imide groups is 1. The molecule has 10 heteroatoms. The first-order chi connectivity index (χ1) is 24.9. The van der Waals surface area contributed by atoms with Crippen LogP contribution in [0.5, 0.6) is 11.5 Å². The standard InChI is InChI=1S/C41H43N3O7/c1-2-35(28-6-4-3-5-7-28)39(29-8-13-33(45)14-9-29)30-10-15-34(16-11-30)51-25-24-50-23-22-49-21-20-42-32-12-17-36-31(26-32)27-44(41(36)48)37-18-19-38(46)43-40(37)47/h3-17,26,37,42,45H,2,18-25,27H2,1H3,(H,43,46,47)/b39-35-. The third-order valence-corrected chi connectivity index (χ3v) is 9.04. The number of nitrogens with zero attached hydrogens (tertiary/aromatic N) is 1. The molecule has 2 heterocycles. The summed E-state index contributed by atoms with van der Waals surface area (Å²) in [6, 6.07) is 30.7. The number of fused-ring (bicyclic) bond motifs is 1. The van der Waals surface area contributed by atoms with Crippen molar-refractivity contribution in [2.75, 3.05) is 44.9 Å². The highest BCUT2D eigenvalue weighted by atomic mass is 16.5. The van der Waals surface area contributed by atoms with Crippen molar-refractivity contribution >= 4 is 34.6 Å². The summed E-state index contributed by atoms with van der Waals surface area (Å²) in [5.41, 5.74) is 7.92. The molecule has 0 spiro atoms. The molecule has 0 bridgehead atoms. The summed E-state index contributed by atoms with van der Waals surface area (Å²) in [6.45, 7) is 5.29. The van der Waals surface area contributed by atoms with Gasteiger partial charge >= 0.3 is 0 Å². The third-order valence-electron chi connectivity index (χ3n) is 9.04. The zero-order chi connectivity index (χ0) is 35.6. The molecule has 4 aromatic rings. The van der Waals surface area contributed by atoms with Gasteiger partial charge in [0.1, 0.15) is 24.1 Å². The molecule has 264 valence electrons. The van der Waals surface area contributed by atoms with Crippen molar-refractivity contribution in [3.8, 4) is 11.5 Å². The Kier molecular flexibility index (Phi) is 11.8. The fraction of sp³-hybridized carbons (Fsp3) is 0.293. The van der Waals surface area contributed by atoms with Gasteiger partial charge in [0.2, 0.25) is 11.8 Å². The van der Waals surface area contributed by atoms with E-state index in [0.717, 1.165) is 40.1 Å². The Morgan fingerprint density at radius 3 is 2.22 bits per heavy atom. The lowest BCUT2D eigenvalue weighted by Gasteiger charge is -2.29. The van der Waals surface area contributed by atoms with Gasteiger partial charge in [0.15, 0.2) is 0 Å². The van der Waals surface area contributed by atoms with Crippen LogP contribution in [0.25, 0.3) is 11.1 Å². The molecule has 51 heavy (non-hydrogen) atoms. The SMILES string of the molecule is CC/C(=C(\c1ccc(O)cc1)c1ccc(OCCOCCOCCNc2ccc3c(c2)CN(C2CCC(=O)NC2=O)C3=O)cc1)c1ccccc1. The molecule has 3 N–H and O–H groups in total. The maximum Gasteiger partial charge on any atom is 0.255 e. The van der Waals surface area contributed by atoms with Crippen molar-refractivity contribution in [3.05, 3.63) is 125 Å². The van der Waals surface area contributed by atoms with Gasteiger partial charge in [-0.05, 0) is 88.7 Å². The van der Waals surface area contributed by atoms with Gasteiger partial charge in [0, 0.05) is 30.8 Å². The first-order valence-electron chi connectivity index (χ1n) is 17.4. The molecule has 6 rings (SSSR count). The van der Waals surface area contributed by atoms with E-state index in [-0.39, 0.29) is 24.0 Å². The van der Waals surface area contributed by atoms with E-state index in [2.05, 4.69) is 41.8 Å². The number of carbonyl (C=O) groups excluding carboxylic acids is 3. The van der Waals surface area contributed by atoms with Crippen LogP contribution < -0.4 is 15.4 Å². The number of anilines is 1. The Bertz CT molecular complexity index is 1860. The van der Waals surface area contributed by atoms with Crippen molar-refractivity contribution in [2.24, 2.45) is 0 Å². The monoisotopic (exact) mass is 689 g/mol. The van der Waals surface area contributed by atoms with Crippen molar-refractivity contribution in [2.45, 2.75) is 38.8 Å². The number of nitrogens with one attached hydrogen (secondary N) is 2. The third kappa shape index (κ3) is 8.83. The van der Waals surface area contributed by atoms with E-state index < -0.39 is 11.9 Å². The second-order valence-corrected chi connectivity index (χ2v) is 12.4. The number of piperidine rings is 1. The molecule has 0 radical (unpaired) electrons. The molecule has 0 aliphatic carbocycles. The number of phenols is 1. The Labute approximate surface area is 298 Å². The molecule has 1 fully saturated rings. The number of hydrogen-bond acceptors (Lipinski definition) is 8. The molecular weight excluding hydrogens is 646 g/mol. The Morgan fingerprint density at radius 1 is 0.824 bits per heavy atom. The van der Waals surface area contributed by atoms with Gasteiger partial charge in [-0.2, -0.15) is 0 Å². The van der Waals surface area contributed by atoms with E-state index >= 15 is 0 Å². The zero-order valence-electron chi connectivity index (χ0n) is 28.7. The second kappa shape index (κ2) is 17.0. The summed E-state index contributed by atoms with van der Waals surface area (Å²) < 4.78 is 17.3. The number of carbonyl (C=O) groups is 3. The summed E-state index contributed by atoms with van der Waals surface area (Å²) in [5, 5.41) is 15.5. The maximum atomic E-state index is 12.9. The van der Waals surface area contributed by atoms with Crippen LogP contribution in [0.1, 0.15) is 58.8 Å². The number of hydrogen-bond donors (Lipinski definition) is 3. The van der Waals surface area contributed by atoms with Gasteiger partial charge in [-0.1, -0.05) is 61.5 Å². The minimum absolute atomic E-state index is 0.185. The van der Waals surface area contributed by atoms with E-state index in [9.17, 15) is 19.5 Å². The number of ether oxygens (including phenoxy) is 3. The predicted octanol–water partition coefficient (Wildman–Crippen LogP) is 6.05. The smallest absolute Gasteiger partial charge is 0.255 e. The molecule has 1 atom stereocenters. The highest BCUT2D eigenvalue weighted by molar-refractivity contribution is 6.05. The predicted molar refractivity (Wildman–Crippen MR) is 195 cm³/mol. The van der Waals surface area contributed by atoms with E-state index in [0.29, 0.717) is 58.1 Å². The highest BCUT2D eigenvalue weighted by Gasteiger charge is 2.39. The first-order valence-corrected chi connectivity index (χ1v) is 17.4. The molecule has 4 aromatic carbocycles. The molecule has 2 aliphatic rings. The number of benzene rings is 4. The zero-order valence-corrected chi connectivity index (χ0v) is 28.7. The van der Waals surface area contributed by atoms with Crippen molar-refractivity contribution < 1.29 is 33.7 Å². The fourth-order valence-electron chi connectivity index (χ4n) is 6.52. The minimum atomic E-state index is -0.623. The Hall–Kier alpha value is -5.45. The average Bonchev–Trinajstić information content (AvgIpc) is 3.47. The molecule has 1 saturated heterocycles. The summed E-state index contributed by atoms with van der Waals surface area (Å²) in [5.74, 6) is 0.0983. The van der Waals surface area contributed by atoms with Crippen LogP contribution in [-0.4, -0.2) is 73.3 Å². The maximum absolute atomic E-state index is 12.9. The van der Waals surface area contributed by atoms with E-state index in [1.165, 1.54) is 11.1 Å². The van der Waals surface area contributed by atoms with Crippen LogP contribution in [0.3, 0.4) is 0 Å². The average molecular weight is 690 g/mol. The summed E-state index contributed by atoms with van der Waals surface area (Å²) in [4.78, 5) is 38.2. The topological polar surface area (TPSA) is 126 Å². The van der Waals surface area contributed by atoms with Crippen LogP contribution in [0.2, 0.25) is 0 Å². The molecular formula is C41H43N3O7. The van der Waals surface area contributed by atoms with Gasteiger partial charge in [0.25, 0.3) is 5.91 Å². The van der Waals surface area contributed by atoms with Crippen molar-refractivity contribution in [3.63, 3.8) is 0 Å². The number of phenolic OH excluding ortho intramolecular Hbond substituents is 1. The molecule has 10 nitrogen and oxygen atoms in total. The Morgan fingerprint density at radius 2 is 1.51 bits per heavy atom. The fourth-order valence-corrected chi connectivity index (χ4v) is 6.52. The molecule has 0 saturated carbocycles. The summed E-state index contributed by atoms with van der Waals surface area (Å²) >= 11 is 0. The normalized spacial score (nSPS) is 16.1. The van der Waals surface area contributed by atoms with Crippen LogP contribution >= 0.6 is 0 Å². The minimum Gasteiger partial charge on any atom is -0.508 e. The number of allylic oxidation sites excluding steroid dienone is 1. The van der Waals surface area contributed by atoms with Gasteiger partial charge < -0.3 is 29.5 Å². The lowest BCUT2D eigenvalue weighted by Crippen LogP contribution is -2.52. The molecule has 2 aliphatic heterocycles. The van der Waals surface area contributed by atoms with Gasteiger partial charge in [-0.3, -0.25) is 19.7 Å². The Balaban J connectivity index is 0.898. The number of rotatable bonds is 16. The van der Waals surface area contributed by atoms with Crippen LogP contribution in [0.4, 0.5) is 5.69 Å². The summed E-state index contributed by atoms with van der Waals surface area (Å²) in [6.07, 6.45) is 1.42. The molecule has 3 amide bonds. The second-order valence-electron chi connectivity index (χ2n) is 12.4. The van der Waals surface area contributed by atoms with Gasteiger partial charge in [-0.15, -0.1) is 0 Å². The van der Waals surface area contributed by atoms with Gasteiger partial charge in [-0.25, -0.2) is 0 Å². The van der Waals surface area contributed by atoms with Crippen molar-refractivity contribution in [1.29, 1.82) is 0 Å². The van der Waals surface area contributed by atoms with E-state index in [4.69, 9.17) is 14.2 Å². The largest absolute Gasteiger partial charge is 0.508 e. The lowest BCUT2D eigenvalue weighted by molar-refractivity contribution is -0.136. The van der Waals surface area contributed by atoms with E-state index in [1.807, 2.05) is 54.6 Å². The van der Waals surface area contributed by atoms with Gasteiger partial charge in [0.05, 0.1) is 26.4 Å². The molecule has 1 unspecified atom stereocenters. The lowest BCUT2D eigenvalue weighted by atomic mass is 9.88. The van der Waals surface area contributed by atoms with E-state index in [1.54, 1.807) is 23.1 Å². The van der Waals surface area contributed by atoms with Crippen LogP contribution in [0.15, 0.2) is 97.1 Å².